The fourth-order valence-electron chi connectivity index (χ4n) is 5.27. The number of carboxylic acids is 1. The predicted octanol–water partition coefficient (Wildman–Crippen LogP) is 6.81. The monoisotopic (exact) mass is 538 g/mol. The Morgan fingerprint density at radius 3 is 2.62 bits per heavy atom. The fraction of sp³-hybridized carbons (Fsp3) is 0.214. The number of fused-ring (bicyclic) bond motifs is 3. The van der Waals surface area contributed by atoms with Gasteiger partial charge in [-0.15, -0.1) is 0 Å². The second-order valence-corrected chi connectivity index (χ2v) is 11.1. The second kappa shape index (κ2) is 8.60. The van der Waals surface area contributed by atoms with E-state index >= 15 is 4.39 Å². The van der Waals surface area contributed by atoms with Crippen molar-refractivity contribution >= 4 is 51.8 Å². The Hall–Kier alpha value is -3.36. The lowest BCUT2D eigenvalue weighted by Gasteiger charge is -2.19. The van der Waals surface area contributed by atoms with Gasteiger partial charge in [0.15, 0.2) is 5.82 Å². The van der Waals surface area contributed by atoms with Crippen LogP contribution >= 0.6 is 23.4 Å². The van der Waals surface area contributed by atoms with Crippen LogP contribution in [0.2, 0.25) is 5.02 Å². The van der Waals surface area contributed by atoms with Crippen LogP contribution in [-0.4, -0.2) is 28.1 Å². The van der Waals surface area contributed by atoms with Gasteiger partial charge in [-0.1, -0.05) is 29.4 Å². The van der Waals surface area contributed by atoms with E-state index in [2.05, 4.69) is 0 Å². The number of carbonyl (C=O) groups excluding carboxylic acids is 1. The molecule has 1 N–H and O–H groups in total. The average molecular weight is 539 g/mol. The third-order valence-electron chi connectivity index (χ3n) is 7.35. The first-order valence-corrected chi connectivity index (χ1v) is 13.0. The van der Waals surface area contributed by atoms with E-state index in [0.717, 1.165) is 18.4 Å². The number of hydrogen-bond donors (Lipinski definition) is 1. The molecule has 0 radical (unpaired) electrons. The van der Waals surface area contributed by atoms with Crippen molar-refractivity contribution in [1.82, 2.24) is 4.57 Å². The molecule has 9 heteroatoms. The van der Waals surface area contributed by atoms with Crippen molar-refractivity contribution in [3.63, 3.8) is 0 Å². The quantitative estimate of drug-likeness (QED) is 0.303. The Morgan fingerprint density at radius 1 is 1.11 bits per heavy atom. The molecule has 37 heavy (non-hydrogen) atoms. The molecule has 4 aromatic rings. The van der Waals surface area contributed by atoms with Crippen LogP contribution in [0.15, 0.2) is 64.4 Å². The first-order chi connectivity index (χ1) is 17.7. The minimum absolute atomic E-state index is 0.0537. The van der Waals surface area contributed by atoms with E-state index < -0.39 is 11.8 Å². The zero-order valence-corrected chi connectivity index (χ0v) is 21.3. The van der Waals surface area contributed by atoms with E-state index in [9.17, 15) is 19.1 Å². The second-order valence-electron chi connectivity index (χ2n) is 9.61. The van der Waals surface area contributed by atoms with Gasteiger partial charge in [-0.3, -0.25) is 4.79 Å². The summed E-state index contributed by atoms with van der Waals surface area (Å²) in [4.78, 5) is 28.1. The molecule has 5 nitrogen and oxygen atoms in total. The van der Waals surface area contributed by atoms with Crippen molar-refractivity contribution < 1.29 is 23.5 Å². The van der Waals surface area contributed by atoms with Crippen LogP contribution in [0, 0.1) is 18.6 Å². The van der Waals surface area contributed by atoms with Crippen molar-refractivity contribution in [1.29, 1.82) is 0 Å². The molecular formula is C28H21ClF2N2O3S. The van der Waals surface area contributed by atoms with Crippen LogP contribution < -0.4 is 4.90 Å². The van der Waals surface area contributed by atoms with Crippen molar-refractivity contribution in [2.75, 3.05) is 11.4 Å². The smallest absolute Gasteiger partial charge is 0.335 e. The maximum absolute atomic E-state index is 15.4. The molecule has 1 fully saturated rings. The van der Waals surface area contributed by atoms with Gasteiger partial charge >= 0.3 is 5.97 Å². The highest BCUT2D eigenvalue weighted by Crippen LogP contribution is 2.56. The normalized spacial score (nSPS) is 15.4. The molecule has 0 atom stereocenters. The molecule has 1 aliphatic heterocycles. The number of halogens is 3. The number of hydrogen-bond acceptors (Lipinski definition) is 3. The lowest BCUT2D eigenvalue weighted by molar-refractivity contribution is -0.119. The molecule has 2 aliphatic rings. The Bertz CT molecular complexity index is 1630. The number of aromatic nitrogens is 1. The number of carboxylic acid groups (broad SMARTS) is 1. The number of carbonyl (C=O) groups is 2. The number of nitrogens with zero attached hydrogens (tertiary/aromatic N) is 2. The highest BCUT2D eigenvalue weighted by atomic mass is 35.5. The maximum Gasteiger partial charge on any atom is 0.335 e. The summed E-state index contributed by atoms with van der Waals surface area (Å²) < 4.78 is 31.0. The van der Waals surface area contributed by atoms with Gasteiger partial charge in [0.2, 0.25) is 5.91 Å². The zero-order valence-electron chi connectivity index (χ0n) is 19.7. The summed E-state index contributed by atoms with van der Waals surface area (Å²) in [6.45, 7) is 2.16. The molecule has 2 heterocycles. The van der Waals surface area contributed by atoms with Crippen LogP contribution in [-0.2, 0) is 16.8 Å². The van der Waals surface area contributed by atoms with E-state index in [1.807, 2.05) is 0 Å². The zero-order chi connectivity index (χ0) is 26.1. The average Bonchev–Trinajstić information content (AvgIpc) is 3.53. The summed E-state index contributed by atoms with van der Waals surface area (Å²) in [5, 5.41) is 9.89. The van der Waals surface area contributed by atoms with Crippen molar-refractivity contribution in [2.45, 2.75) is 41.5 Å². The Morgan fingerprint density at radius 2 is 1.89 bits per heavy atom. The van der Waals surface area contributed by atoms with Gasteiger partial charge in [-0.05, 0) is 73.9 Å². The van der Waals surface area contributed by atoms with E-state index in [4.69, 9.17) is 11.6 Å². The van der Waals surface area contributed by atoms with Crippen molar-refractivity contribution in [2.24, 2.45) is 0 Å². The Balaban J connectivity index is 1.40. The van der Waals surface area contributed by atoms with Crippen LogP contribution in [0.4, 0.5) is 14.5 Å². The summed E-state index contributed by atoms with van der Waals surface area (Å²) in [7, 11) is 0. The molecule has 6 rings (SSSR count). The first-order valence-electron chi connectivity index (χ1n) is 11.8. The maximum atomic E-state index is 15.4. The number of benzene rings is 3. The Kier molecular flexibility index (Phi) is 5.58. The largest absolute Gasteiger partial charge is 0.478 e. The molecule has 1 spiro atoms. The number of anilines is 1. The van der Waals surface area contributed by atoms with Gasteiger partial charge in [0.25, 0.3) is 0 Å². The summed E-state index contributed by atoms with van der Waals surface area (Å²) in [5.74, 6) is -2.20. The molecule has 0 saturated heterocycles. The molecule has 188 valence electrons. The molecule has 1 aromatic heterocycles. The molecule has 3 aromatic carbocycles. The predicted molar refractivity (Wildman–Crippen MR) is 139 cm³/mol. The standard InChI is InChI=1S/C28H21ClF2N2O3S/c1-15-26(37-18-4-2-3-16(11-18)27(35)36)19-6-7-21(29)24(31)25(19)32(15)13-23(34)33-14-28(9-10-28)20-12-17(30)5-8-22(20)33/h2-8,11-12H,9-10,13-14H2,1H3,(H,35,36). The van der Waals surface area contributed by atoms with Gasteiger partial charge in [0, 0.05) is 38.5 Å². The summed E-state index contributed by atoms with van der Waals surface area (Å²) in [6, 6.07) is 14.2. The van der Waals surface area contributed by atoms with Crippen molar-refractivity contribution in [3.05, 3.63) is 88.1 Å². The molecular weight excluding hydrogens is 518 g/mol. The van der Waals surface area contributed by atoms with Crippen LogP contribution in [0.3, 0.4) is 0 Å². The summed E-state index contributed by atoms with van der Waals surface area (Å²) in [6.07, 6.45) is 1.80. The minimum atomic E-state index is -1.04. The van der Waals surface area contributed by atoms with E-state index in [-0.39, 0.29) is 39.8 Å². The summed E-state index contributed by atoms with van der Waals surface area (Å²) in [5.41, 5.74) is 2.40. The van der Waals surface area contributed by atoms with Crippen LogP contribution in [0.1, 0.15) is 34.5 Å². The van der Waals surface area contributed by atoms with Gasteiger partial charge in [-0.2, -0.15) is 0 Å². The number of aromatic carboxylic acids is 1. The lowest BCUT2D eigenvalue weighted by Crippen LogP contribution is -2.34. The highest BCUT2D eigenvalue weighted by Gasteiger charge is 2.53. The number of rotatable bonds is 5. The SMILES string of the molecule is Cc1c(Sc2cccc(C(=O)O)c2)c2ccc(Cl)c(F)c2n1CC(=O)N1CC2(CC2)c2cc(F)ccc21. The topological polar surface area (TPSA) is 62.5 Å². The highest BCUT2D eigenvalue weighted by molar-refractivity contribution is 7.99. The van der Waals surface area contributed by atoms with Gasteiger partial charge in [0.1, 0.15) is 12.4 Å². The van der Waals surface area contributed by atoms with E-state index in [1.54, 1.807) is 46.7 Å². The Labute approximate surface area is 220 Å². The third-order valence-corrected chi connectivity index (χ3v) is 8.85. The van der Waals surface area contributed by atoms with E-state index in [1.165, 1.54) is 36.0 Å². The van der Waals surface area contributed by atoms with Crippen LogP contribution in [0.5, 0.6) is 0 Å². The van der Waals surface area contributed by atoms with E-state index in [0.29, 0.717) is 33.1 Å². The summed E-state index contributed by atoms with van der Waals surface area (Å²) >= 11 is 7.45. The molecule has 1 aliphatic carbocycles. The van der Waals surface area contributed by atoms with Gasteiger partial charge in [-0.25, -0.2) is 13.6 Å². The lowest BCUT2D eigenvalue weighted by atomic mass is 9.99. The molecule has 1 saturated carbocycles. The first kappa shape index (κ1) is 24.0. The van der Waals surface area contributed by atoms with Crippen molar-refractivity contribution in [3.8, 4) is 0 Å². The minimum Gasteiger partial charge on any atom is -0.478 e. The third kappa shape index (κ3) is 3.90. The molecule has 0 bridgehead atoms. The molecule has 1 amide bonds. The van der Waals surface area contributed by atoms with Gasteiger partial charge < -0.3 is 14.6 Å². The fourth-order valence-corrected chi connectivity index (χ4v) is 6.53. The van der Waals surface area contributed by atoms with Crippen LogP contribution in [0.25, 0.3) is 10.9 Å². The molecule has 0 unspecified atom stereocenters. The van der Waals surface area contributed by atoms with Gasteiger partial charge in [0.05, 0.1) is 16.1 Å². The number of amides is 1.